The Hall–Kier alpha value is -1.18. The van der Waals surface area contributed by atoms with Crippen molar-refractivity contribution in [2.75, 3.05) is 13.2 Å². The number of unbranched alkanes of at least 4 members (excludes halogenated alkanes) is 14. The first-order valence-corrected chi connectivity index (χ1v) is 19.4. The van der Waals surface area contributed by atoms with Crippen LogP contribution in [0.2, 0.25) is 0 Å². The molecule has 0 aromatic carbocycles. The Bertz CT molecular complexity index is 767. The third-order valence-corrected chi connectivity index (χ3v) is 10.6. The lowest BCUT2D eigenvalue weighted by Gasteiger charge is -2.26. The van der Waals surface area contributed by atoms with Crippen molar-refractivity contribution >= 4 is 11.9 Å². The van der Waals surface area contributed by atoms with Crippen LogP contribution in [0.5, 0.6) is 0 Å². The summed E-state index contributed by atoms with van der Waals surface area (Å²) in [6.07, 6.45) is 29.9. The minimum atomic E-state index is -0.440. The third kappa shape index (κ3) is 14.2. The lowest BCUT2D eigenvalue weighted by atomic mass is 9.79. The molecule has 0 N–H and O–H groups in total. The highest BCUT2D eigenvalue weighted by atomic mass is 16.6. The molecule has 4 rings (SSSR count). The molecule has 0 bridgehead atoms. The smallest absolute Gasteiger partial charge is 0.309 e. The zero-order valence-electron chi connectivity index (χ0n) is 28.9. The molecule has 0 radical (unpaired) electrons. The fourth-order valence-corrected chi connectivity index (χ4v) is 7.38. The number of hydrogen-bond donors (Lipinski definition) is 0. The van der Waals surface area contributed by atoms with E-state index in [1.165, 1.54) is 89.9 Å². The molecule has 0 aromatic heterocycles. The summed E-state index contributed by atoms with van der Waals surface area (Å²) in [5.74, 6) is -1.38. The van der Waals surface area contributed by atoms with Crippen LogP contribution in [0.1, 0.15) is 168 Å². The fourth-order valence-electron chi connectivity index (χ4n) is 7.38. The molecule has 3 heterocycles. The number of hydrogen-bond acceptors (Lipinski definition) is 7. The van der Waals surface area contributed by atoms with Gasteiger partial charge in [0.2, 0.25) is 0 Å². The molecule has 8 atom stereocenters. The van der Waals surface area contributed by atoms with Crippen molar-refractivity contribution in [1.82, 2.24) is 0 Å². The second kappa shape index (κ2) is 20.9. The number of epoxide rings is 3. The number of rotatable bonds is 28. The average molecular weight is 635 g/mol. The highest BCUT2D eigenvalue weighted by molar-refractivity contribution is 5.82. The van der Waals surface area contributed by atoms with Crippen molar-refractivity contribution in [3.63, 3.8) is 0 Å². The summed E-state index contributed by atoms with van der Waals surface area (Å²) in [5, 5.41) is 0. The van der Waals surface area contributed by atoms with E-state index in [2.05, 4.69) is 13.8 Å². The number of esters is 2. The summed E-state index contributed by atoms with van der Waals surface area (Å²) in [6, 6.07) is 0. The predicted octanol–water partition coefficient (Wildman–Crippen LogP) is 9.02. The third-order valence-electron chi connectivity index (χ3n) is 10.6. The molecule has 3 saturated heterocycles. The van der Waals surface area contributed by atoms with Crippen molar-refractivity contribution in [3.05, 3.63) is 0 Å². The van der Waals surface area contributed by atoms with Crippen molar-refractivity contribution in [1.29, 1.82) is 0 Å². The summed E-state index contributed by atoms with van der Waals surface area (Å²) in [4.78, 5) is 25.9. The molecule has 260 valence electrons. The average Bonchev–Trinajstić information content (AvgIpc) is 3.95. The van der Waals surface area contributed by atoms with Crippen LogP contribution in [0.15, 0.2) is 0 Å². The summed E-state index contributed by atoms with van der Waals surface area (Å²) in [6.45, 7) is 5.37. The van der Waals surface area contributed by atoms with Gasteiger partial charge in [-0.05, 0) is 51.4 Å². The van der Waals surface area contributed by atoms with Crippen LogP contribution in [-0.4, -0.2) is 61.8 Å². The van der Waals surface area contributed by atoms with E-state index in [-0.39, 0.29) is 24.1 Å². The highest BCUT2D eigenvalue weighted by Crippen LogP contribution is 2.44. The van der Waals surface area contributed by atoms with Gasteiger partial charge in [-0.1, -0.05) is 117 Å². The summed E-state index contributed by atoms with van der Waals surface area (Å²) >= 11 is 0. The molecule has 4 aliphatic rings. The quantitative estimate of drug-likeness (QED) is 0.0482. The molecule has 7 heteroatoms. The summed E-state index contributed by atoms with van der Waals surface area (Å²) < 4.78 is 28.7. The van der Waals surface area contributed by atoms with E-state index in [9.17, 15) is 9.59 Å². The Kier molecular flexibility index (Phi) is 17.0. The Morgan fingerprint density at radius 1 is 0.467 bits per heavy atom. The Labute approximate surface area is 274 Å². The van der Waals surface area contributed by atoms with E-state index in [0.717, 1.165) is 51.4 Å². The Morgan fingerprint density at radius 3 is 1.16 bits per heavy atom. The molecular formula is C38H66O7. The minimum absolute atomic E-state index is 0.104. The van der Waals surface area contributed by atoms with Gasteiger partial charge in [0.05, 0.1) is 61.7 Å². The van der Waals surface area contributed by atoms with E-state index in [1.807, 2.05) is 0 Å². The maximum absolute atomic E-state index is 13.0. The second-order valence-electron chi connectivity index (χ2n) is 14.5. The van der Waals surface area contributed by atoms with Crippen LogP contribution in [-0.2, 0) is 33.3 Å². The molecule has 45 heavy (non-hydrogen) atoms. The fraction of sp³-hybridized carbons (Fsp3) is 0.947. The summed E-state index contributed by atoms with van der Waals surface area (Å²) in [5.41, 5.74) is 0. The molecule has 7 nitrogen and oxygen atoms in total. The second-order valence-corrected chi connectivity index (χ2v) is 14.5. The van der Waals surface area contributed by atoms with Crippen LogP contribution < -0.4 is 0 Å². The van der Waals surface area contributed by atoms with Crippen LogP contribution >= 0.6 is 0 Å². The Morgan fingerprint density at radius 2 is 0.800 bits per heavy atom. The topological polar surface area (TPSA) is 90.2 Å². The van der Waals surface area contributed by atoms with Crippen LogP contribution in [0.25, 0.3) is 0 Å². The van der Waals surface area contributed by atoms with Crippen LogP contribution in [0.4, 0.5) is 0 Å². The first-order chi connectivity index (χ1) is 22.1. The number of ether oxygens (including phenoxy) is 5. The molecule has 4 fully saturated rings. The van der Waals surface area contributed by atoms with Crippen molar-refractivity contribution < 1.29 is 33.3 Å². The van der Waals surface area contributed by atoms with Gasteiger partial charge in [-0.3, -0.25) is 9.59 Å². The van der Waals surface area contributed by atoms with E-state index in [4.69, 9.17) is 23.7 Å². The van der Waals surface area contributed by atoms with E-state index in [0.29, 0.717) is 50.5 Å². The maximum Gasteiger partial charge on any atom is 0.309 e. The van der Waals surface area contributed by atoms with Crippen molar-refractivity contribution in [3.8, 4) is 0 Å². The maximum atomic E-state index is 13.0. The molecule has 0 spiro atoms. The van der Waals surface area contributed by atoms with Crippen molar-refractivity contribution in [2.24, 2.45) is 11.8 Å². The molecular weight excluding hydrogens is 568 g/mol. The van der Waals surface area contributed by atoms with Gasteiger partial charge in [0.15, 0.2) is 0 Å². The minimum Gasteiger partial charge on any atom is -0.465 e. The molecule has 3 aliphatic heterocycles. The number of carbonyl (C=O) groups is 2. The van der Waals surface area contributed by atoms with Crippen LogP contribution in [0, 0.1) is 11.8 Å². The van der Waals surface area contributed by atoms with Gasteiger partial charge < -0.3 is 23.7 Å². The standard InChI is InChI=1S/C38H66O7/c1-3-5-7-9-15-21-31-33(43-31)23-17-11-13-19-25-41-37(39)29-27-35-36(45-35)28-30(29)38(40)42-26-20-14-12-18-24-34-32(44-34)22-16-10-8-6-4-2/h29-36H,3-28H2,1-2H3. The lowest BCUT2D eigenvalue weighted by molar-refractivity contribution is -0.162. The molecule has 0 amide bonds. The van der Waals surface area contributed by atoms with Crippen LogP contribution in [0.3, 0.4) is 0 Å². The van der Waals surface area contributed by atoms with E-state index in [1.54, 1.807) is 0 Å². The largest absolute Gasteiger partial charge is 0.465 e. The van der Waals surface area contributed by atoms with Crippen molar-refractivity contribution in [2.45, 2.75) is 205 Å². The van der Waals surface area contributed by atoms with Gasteiger partial charge in [0.25, 0.3) is 0 Å². The number of carbonyl (C=O) groups excluding carboxylic acids is 2. The van der Waals surface area contributed by atoms with Gasteiger partial charge in [0, 0.05) is 0 Å². The summed E-state index contributed by atoms with van der Waals surface area (Å²) in [7, 11) is 0. The van der Waals surface area contributed by atoms with Gasteiger partial charge >= 0.3 is 11.9 Å². The molecule has 1 aliphatic carbocycles. The zero-order valence-corrected chi connectivity index (χ0v) is 28.9. The van der Waals surface area contributed by atoms with Gasteiger partial charge in [-0.25, -0.2) is 0 Å². The number of fused-ring (bicyclic) bond motifs is 1. The van der Waals surface area contributed by atoms with Gasteiger partial charge in [-0.2, -0.15) is 0 Å². The first-order valence-electron chi connectivity index (χ1n) is 19.4. The molecule has 0 aromatic rings. The zero-order chi connectivity index (χ0) is 31.7. The molecule has 1 saturated carbocycles. The first kappa shape index (κ1) is 36.7. The van der Waals surface area contributed by atoms with Gasteiger partial charge in [0.1, 0.15) is 0 Å². The van der Waals surface area contributed by atoms with Gasteiger partial charge in [-0.15, -0.1) is 0 Å². The van der Waals surface area contributed by atoms with E-state index < -0.39 is 11.8 Å². The normalized spacial score (nSPS) is 29.6. The SMILES string of the molecule is CCCCCCCC1OC1CCCCCCOC(=O)C1CC2OC2CC1C(=O)OCCCCCCC1OC1CCCCCCC. The molecule has 8 unspecified atom stereocenters. The van der Waals surface area contributed by atoms with E-state index >= 15 is 0 Å². The predicted molar refractivity (Wildman–Crippen MR) is 177 cm³/mol. The highest BCUT2D eigenvalue weighted by Gasteiger charge is 2.53. The Balaban J connectivity index is 0.969. The lowest BCUT2D eigenvalue weighted by Crippen LogP contribution is -2.37. The monoisotopic (exact) mass is 634 g/mol.